The van der Waals surface area contributed by atoms with Crippen LogP contribution < -0.4 is 0 Å². The molecule has 0 saturated carbocycles. The summed E-state index contributed by atoms with van der Waals surface area (Å²) in [5, 5.41) is 0. The van der Waals surface area contributed by atoms with Gasteiger partial charge in [0, 0.05) is 13.5 Å². The van der Waals surface area contributed by atoms with Crippen molar-refractivity contribution in [3.05, 3.63) is 53.8 Å². The molecule has 0 saturated heterocycles. The Kier molecular flexibility index (Phi) is 6.70. The smallest absolute Gasteiger partial charge is 0.0944 e. The van der Waals surface area contributed by atoms with Crippen LogP contribution in [0.1, 0.15) is 38.3 Å². The summed E-state index contributed by atoms with van der Waals surface area (Å²) in [6, 6.07) is 8.46. The molecule has 2 nitrogen and oxygen atoms in total. The first kappa shape index (κ1) is 17.5. The quantitative estimate of drug-likeness (QED) is 0.667. The number of hydrogen-bond acceptors (Lipinski definition) is 2. The molecule has 0 aromatic heterocycles. The molecule has 0 spiro atoms. The van der Waals surface area contributed by atoms with Crippen molar-refractivity contribution in [2.24, 2.45) is 5.41 Å². The standard InChI is InChI=1S/C19H28O2/c1-7-15-8-10-16(11-9-15)12-13-17(20-5)14-18(21-6)19(2,3)4/h7-11,14,18H,1,12-13H2,2-6H3. The lowest BCUT2D eigenvalue weighted by atomic mass is 9.88. The van der Waals surface area contributed by atoms with Crippen molar-refractivity contribution >= 4 is 6.08 Å². The second kappa shape index (κ2) is 8.04. The molecule has 0 aliphatic rings. The predicted molar refractivity (Wildman–Crippen MR) is 90.2 cm³/mol. The summed E-state index contributed by atoms with van der Waals surface area (Å²) in [6.07, 6.45) is 5.84. The largest absolute Gasteiger partial charge is 0.501 e. The molecule has 21 heavy (non-hydrogen) atoms. The maximum atomic E-state index is 5.56. The average molecular weight is 288 g/mol. The zero-order valence-electron chi connectivity index (χ0n) is 14.0. The Hall–Kier alpha value is -1.54. The van der Waals surface area contributed by atoms with Crippen molar-refractivity contribution in [3.63, 3.8) is 0 Å². The zero-order valence-corrected chi connectivity index (χ0v) is 14.0. The Balaban J connectivity index is 2.70. The van der Waals surface area contributed by atoms with E-state index in [1.165, 1.54) is 5.56 Å². The first-order valence-electron chi connectivity index (χ1n) is 7.39. The molecule has 1 rings (SSSR count). The number of aryl methyl sites for hydroxylation is 1. The molecule has 1 atom stereocenters. The summed E-state index contributed by atoms with van der Waals surface area (Å²) in [6.45, 7) is 10.3. The number of rotatable bonds is 7. The number of ether oxygens (including phenoxy) is 2. The van der Waals surface area contributed by atoms with Crippen LogP contribution in [0.25, 0.3) is 6.08 Å². The van der Waals surface area contributed by atoms with Crippen molar-refractivity contribution in [3.8, 4) is 0 Å². The molecule has 0 heterocycles. The molecule has 2 heteroatoms. The maximum absolute atomic E-state index is 5.56. The number of allylic oxidation sites excluding steroid dienone is 1. The van der Waals surface area contributed by atoms with Gasteiger partial charge in [-0.15, -0.1) is 0 Å². The van der Waals surface area contributed by atoms with E-state index in [0.29, 0.717) is 0 Å². The number of benzene rings is 1. The lowest BCUT2D eigenvalue weighted by Gasteiger charge is -2.27. The molecule has 0 aliphatic carbocycles. The molecular weight excluding hydrogens is 260 g/mol. The van der Waals surface area contributed by atoms with Crippen molar-refractivity contribution in [1.29, 1.82) is 0 Å². The van der Waals surface area contributed by atoms with E-state index in [0.717, 1.165) is 24.2 Å². The van der Waals surface area contributed by atoms with Crippen LogP contribution in [0.2, 0.25) is 0 Å². The van der Waals surface area contributed by atoms with E-state index in [9.17, 15) is 0 Å². The van der Waals surface area contributed by atoms with Crippen LogP contribution in [0.4, 0.5) is 0 Å². The third kappa shape index (κ3) is 5.76. The van der Waals surface area contributed by atoms with Gasteiger partial charge in [0.1, 0.15) is 0 Å². The summed E-state index contributed by atoms with van der Waals surface area (Å²) in [4.78, 5) is 0. The Morgan fingerprint density at radius 2 is 1.81 bits per heavy atom. The van der Waals surface area contributed by atoms with E-state index in [-0.39, 0.29) is 11.5 Å². The van der Waals surface area contributed by atoms with Gasteiger partial charge in [-0.3, -0.25) is 0 Å². The molecule has 0 bridgehead atoms. The first-order chi connectivity index (χ1) is 9.90. The topological polar surface area (TPSA) is 18.5 Å². The Labute approximate surface area is 129 Å². The van der Waals surface area contributed by atoms with Gasteiger partial charge in [0.15, 0.2) is 0 Å². The monoisotopic (exact) mass is 288 g/mol. The fourth-order valence-electron chi connectivity index (χ4n) is 2.18. The van der Waals surface area contributed by atoms with Gasteiger partial charge in [-0.1, -0.05) is 57.7 Å². The molecule has 0 radical (unpaired) electrons. The molecule has 0 amide bonds. The summed E-state index contributed by atoms with van der Waals surface area (Å²) < 4.78 is 11.1. The van der Waals surface area contributed by atoms with Gasteiger partial charge in [-0.2, -0.15) is 0 Å². The lowest BCUT2D eigenvalue weighted by molar-refractivity contribution is 0.0498. The van der Waals surface area contributed by atoms with Crippen LogP contribution in [-0.4, -0.2) is 20.3 Å². The average Bonchev–Trinajstić information content (AvgIpc) is 2.46. The minimum atomic E-state index is 0.0515. The highest BCUT2D eigenvalue weighted by molar-refractivity contribution is 5.47. The molecule has 116 valence electrons. The minimum absolute atomic E-state index is 0.0515. The van der Waals surface area contributed by atoms with E-state index in [1.54, 1.807) is 14.2 Å². The zero-order chi connectivity index (χ0) is 15.9. The van der Waals surface area contributed by atoms with Crippen LogP contribution in [0.5, 0.6) is 0 Å². The van der Waals surface area contributed by atoms with Gasteiger partial charge in [-0.25, -0.2) is 0 Å². The molecule has 1 unspecified atom stereocenters. The summed E-state index contributed by atoms with van der Waals surface area (Å²) in [5.74, 6) is 0.976. The van der Waals surface area contributed by atoms with Crippen LogP contribution in [0.15, 0.2) is 42.7 Å². The molecule has 0 N–H and O–H groups in total. The van der Waals surface area contributed by atoms with Crippen LogP contribution in [0.3, 0.4) is 0 Å². The predicted octanol–water partition coefficient (Wildman–Crippen LogP) is 4.85. The van der Waals surface area contributed by atoms with Gasteiger partial charge >= 0.3 is 0 Å². The fourth-order valence-corrected chi connectivity index (χ4v) is 2.18. The van der Waals surface area contributed by atoms with E-state index in [1.807, 2.05) is 6.08 Å². The highest BCUT2D eigenvalue weighted by atomic mass is 16.5. The van der Waals surface area contributed by atoms with Gasteiger partial charge in [-0.05, 0) is 29.0 Å². The minimum Gasteiger partial charge on any atom is -0.501 e. The highest BCUT2D eigenvalue weighted by Gasteiger charge is 2.23. The van der Waals surface area contributed by atoms with Crippen molar-refractivity contribution in [2.45, 2.75) is 39.7 Å². The van der Waals surface area contributed by atoms with Crippen LogP contribution in [-0.2, 0) is 15.9 Å². The summed E-state index contributed by atoms with van der Waals surface area (Å²) >= 11 is 0. The normalized spacial score (nSPS) is 13.9. The number of methoxy groups -OCH3 is 2. The Morgan fingerprint density at radius 1 is 1.19 bits per heavy atom. The first-order valence-corrected chi connectivity index (χ1v) is 7.39. The molecule has 0 fully saturated rings. The summed E-state index contributed by atoms with van der Waals surface area (Å²) in [5.41, 5.74) is 2.51. The lowest BCUT2D eigenvalue weighted by Crippen LogP contribution is -2.26. The van der Waals surface area contributed by atoms with Crippen LogP contribution >= 0.6 is 0 Å². The second-order valence-corrected chi connectivity index (χ2v) is 6.31. The maximum Gasteiger partial charge on any atom is 0.0944 e. The number of hydrogen-bond donors (Lipinski definition) is 0. The van der Waals surface area contributed by atoms with Gasteiger partial charge in [0.2, 0.25) is 0 Å². The Bertz CT molecular complexity index is 463. The van der Waals surface area contributed by atoms with Crippen molar-refractivity contribution < 1.29 is 9.47 Å². The molecule has 1 aromatic rings. The van der Waals surface area contributed by atoms with E-state index in [2.05, 4.69) is 57.7 Å². The SMILES string of the molecule is C=Cc1ccc(CCC(=CC(OC)C(C)(C)C)OC)cc1. The third-order valence-corrected chi connectivity index (χ3v) is 3.58. The summed E-state index contributed by atoms with van der Waals surface area (Å²) in [7, 11) is 3.47. The van der Waals surface area contributed by atoms with Crippen molar-refractivity contribution in [2.75, 3.05) is 14.2 Å². The third-order valence-electron chi connectivity index (χ3n) is 3.58. The van der Waals surface area contributed by atoms with E-state index >= 15 is 0 Å². The van der Waals surface area contributed by atoms with Gasteiger partial charge in [0.25, 0.3) is 0 Å². The molecule has 0 aliphatic heterocycles. The fraction of sp³-hybridized carbons (Fsp3) is 0.474. The Morgan fingerprint density at radius 3 is 2.24 bits per heavy atom. The second-order valence-electron chi connectivity index (χ2n) is 6.31. The molecular formula is C19H28O2. The van der Waals surface area contributed by atoms with Gasteiger partial charge in [0.05, 0.1) is 19.0 Å². The van der Waals surface area contributed by atoms with Crippen molar-refractivity contribution in [1.82, 2.24) is 0 Å². The van der Waals surface area contributed by atoms with E-state index in [4.69, 9.17) is 9.47 Å². The molecule has 1 aromatic carbocycles. The van der Waals surface area contributed by atoms with Crippen LogP contribution in [0, 0.1) is 5.41 Å². The van der Waals surface area contributed by atoms with Gasteiger partial charge < -0.3 is 9.47 Å². The highest BCUT2D eigenvalue weighted by Crippen LogP contribution is 2.25. The van der Waals surface area contributed by atoms with E-state index < -0.39 is 0 Å².